The lowest BCUT2D eigenvalue weighted by atomic mass is 9.96. The number of fused-ring (bicyclic) bond motifs is 1. The fraction of sp³-hybridized carbons (Fsp3) is 0.263. The van der Waals surface area contributed by atoms with E-state index in [0.717, 1.165) is 5.69 Å². The summed E-state index contributed by atoms with van der Waals surface area (Å²) in [6.45, 7) is 6.11. The molecule has 0 radical (unpaired) electrons. The molecule has 6 nitrogen and oxygen atoms in total. The second kappa shape index (κ2) is 6.94. The number of rotatable bonds is 4. The van der Waals surface area contributed by atoms with Gasteiger partial charge < -0.3 is 4.52 Å². The smallest absolute Gasteiger partial charge is 0.276 e. The highest BCUT2D eigenvalue weighted by molar-refractivity contribution is 7.98. The van der Waals surface area contributed by atoms with Crippen molar-refractivity contribution in [2.45, 2.75) is 37.1 Å². The summed E-state index contributed by atoms with van der Waals surface area (Å²) in [7, 11) is 0. The minimum atomic E-state index is -0.174. The SMILES string of the molecule is CC(C)(C)c1noc(CSc2nc3ccsc3c(=O)n2-c2ccccc2)n1. The molecule has 3 aromatic heterocycles. The Balaban J connectivity index is 1.72. The summed E-state index contributed by atoms with van der Waals surface area (Å²) >= 11 is 2.82. The van der Waals surface area contributed by atoms with Gasteiger partial charge in [-0.25, -0.2) is 4.98 Å². The molecular formula is C19H18N4O2S2. The number of aromatic nitrogens is 4. The third-order valence-corrected chi connectivity index (χ3v) is 5.74. The van der Waals surface area contributed by atoms with Crippen LogP contribution in [-0.2, 0) is 11.2 Å². The summed E-state index contributed by atoms with van der Waals surface area (Å²) in [5.74, 6) is 1.63. The molecule has 0 amide bonds. The molecule has 0 unspecified atom stereocenters. The maximum atomic E-state index is 13.0. The second-order valence-electron chi connectivity index (χ2n) is 7.06. The number of nitrogens with zero attached hydrogens (tertiary/aromatic N) is 4. The van der Waals surface area contributed by atoms with Gasteiger partial charge in [0, 0.05) is 5.41 Å². The van der Waals surface area contributed by atoms with Gasteiger partial charge in [0.15, 0.2) is 11.0 Å². The molecular weight excluding hydrogens is 380 g/mol. The first kappa shape index (κ1) is 17.9. The molecule has 1 aromatic carbocycles. The Kier molecular flexibility index (Phi) is 4.61. The predicted molar refractivity (Wildman–Crippen MR) is 108 cm³/mol. The van der Waals surface area contributed by atoms with Crippen LogP contribution in [0.15, 0.2) is 56.3 Å². The van der Waals surface area contributed by atoms with Gasteiger partial charge in [0.1, 0.15) is 4.70 Å². The van der Waals surface area contributed by atoms with E-state index in [1.165, 1.54) is 23.1 Å². The van der Waals surface area contributed by atoms with Crippen LogP contribution in [0.1, 0.15) is 32.5 Å². The van der Waals surface area contributed by atoms with Crippen molar-refractivity contribution >= 4 is 33.3 Å². The quantitative estimate of drug-likeness (QED) is 0.374. The van der Waals surface area contributed by atoms with Gasteiger partial charge >= 0.3 is 0 Å². The van der Waals surface area contributed by atoms with Crippen molar-refractivity contribution in [1.82, 2.24) is 19.7 Å². The summed E-state index contributed by atoms with van der Waals surface area (Å²) < 4.78 is 7.66. The van der Waals surface area contributed by atoms with Crippen molar-refractivity contribution in [3.05, 3.63) is 63.8 Å². The van der Waals surface area contributed by atoms with Gasteiger partial charge in [0.2, 0.25) is 5.89 Å². The van der Waals surface area contributed by atoms with E-state index in [4.69, 9.17) is 4.52 Å². The zero-order chi connectivity index (χ0) is 19.0. The summed E-state index contributed by atoms with van der Waals surface area (Å²) in [6.07, 6.45) is 0. The van der Waals surface area contributed by atoms with Gasteiger partial charge in [-0.2, -0.15) is 4.98 Å². The summed E-state index contributed by atoms with van der Waals surface area (Å²) in [5.41, 5.74) is 1.26. The summed E-state index contributed by atoms with van der Waals surface area (Å²) in [6, 6.07) is 11.4. The van der Waals surface area contributed by atoms with Crippen molar-refractivity contribution < 1.29 is 4.52 Å². The minimum absolute atomic E-state index is 0.0652. The molecule has 138 valence electrons. The largest absolute Gasteiger partial charge is 0.338 e. The Hall–Kier alpha value is -2.45. The lowest BCUT2D eigenvalue weighted by Crippen LogP contribution is -2.20. The number of hydrogen-bond acceptors (Lipinski definition) is 7. The minimum Gasteiger partial charge on any atom is -0.338 e. The van der Waals surface area contributed by atoms with Crippen molar-refractivity contribution in [2.75, 3.05) is 0 Å². The molecule has 0 aliphatic carbocycles. The molecule has 0 atom stereocenters. The van der Waals surface area contributed by atoms with Crippen LogP contribution in [-0.4, -0.2) is 19.7 Å². The van der Waals surface area contributed by atoms with Gasteiger partial charge in [-0.1, -0.05) is 55.9 Å². The number of benzene rings is 1. The molecule has 0 saturated heterocycles. The molecule has 4 rings (SSSR count). The third kappa shape index (κ3) is 3.54. The van der Waals surface area contributed by atoms with Gasteiger partial charge in [0.25, 0.3) is 5.56 Å². The molecule has 0 saturated carbocycles. The average molecular weight is 399 g/mol. The van der Waals surface area contributed by atoms with Crippen LogP contribution >= 0.6 is 23.1 Å². The van der Waals surface area contributed by atoms with Crippen LogP contribution in [0.3, 0.4) is 0 Å². The topological polar surface area (TPSA) is 73.8 Å². The lowest BCUT2D eigenvalue weighted by molar-refractivity contribution is 0.372. The normalized spacial score (nSPS) is 12.0. The molecule has 0 spiro atoms. The van der Waals surface area contributed by atoms with Gasteiger partial charge in [-0.15, -0.1) is 11.3 Å². The number of thiophene rings is 1. The molecule has 8 heteroatoms. The fourth-order valence-corrected chi connectivity index (χ4v) is 4.15. The van der Waals surface area contributed by atoms with E-state index in [0.29, 0.717) is 32.8 Å². The van der Waals surface area contributed by atoms with E-state index in [1.54, 1.807) is 4.57 Å². The zero-order valence-corrected chi connectivity index (χ0v) is 16.8. The van der Waals surface area contributed by atoms with E-state index >= 15 is 0 Å². The van der Waals surface area contributed by atoms with Crippen LogP contribution in [0.4, 0.5) is 0 Å². The van der Waals surface area contributed by atoms with E-state index in [2.05, 4.69) is 15.1 Å². The van der Waals surface area contributed by atoms with Crippen LogP contribution in [0.25, 0.3) is 15.9 Å². The highest BCUT2D eigenvalue weighted by Gasteiger charge is 2.21. The summed E-state index contributed by atoms with van der Waals surface area (Å²) in [4.78, 5) is 22.2. The molecule has 0 aliphatic rings. The van der Waals surface area contributed by atoms with E-state index in [-0.39, 0.29) is 11.0 Å². The van der Waals surface area contributed by atoms with E-state index in [9.17, 15) is 4.79 Å². The monoisotopic (exact) mass is 398 g/mol. The van der Waals surface area contributed by atoms with Crippen molar-refractivity contribution in [1.29, 1.82) is 0 Å². The first-order chi connectivity index (χ1) is 12.9. The molecule has 0 bridgehead atoms. The van der Waals surface area contributed by atoms with Crippen LogP contribution in [0, 0.1) is 0 Å². The Morgan fingerprint density at radius 3 is 2.63 bits per heavy atom. The Morgan fingerprint density at radius 1 is 1.15 bits per heavy atom. The Morgan fingerprint density at radius 2 is 1.93 bits per heavy atom. The molecule has 3 heterocycles. The predicted octanol–water partition coefficient (Wildman–Crippen LogP) is 4.42. The average Bonchev–Trinajstić information content (AvgIpc) is 3.30. The Labute approximate surface area is 164 Å². The van der Waals surface area contributed by atoms with Gasteiger partial charge in [-0.3, -0.25) is 9.36 Å². The maximum absolute atomic E-state index is 13.0. The fourth-order valence-electron chi connectivity index (χ4n) is 2.54. The molecule has 0 fully saturated rings. The third-order valence-electron chi connectivity index (χ3n) is 3.93. The highest BCUT2D eigenvalue weighted by Crippen LogP contribution is 2.26. The van der Waals surface area contributed by atoms with Crippen LogP contribution in [0.2, 0.25) is 0 Å². The second-order valence-corrected chi connectivity index (χ2v) is 8.91. The number of hydrogen-bond donors (Lipinski definition) is 0. The molecule has 4 aromatic rings. The van der Waals surface area contributed by atoms with Crippen molar-refractivity contribution in [3.63, 3.8) is 0 Å². The first-order valence-corrected chi connectivity index (χ1v) is 10.3. The van der Waals surface area contributed by atoms with Gasteiger partial charge in [-0.05, 0) is 23.6 Å². The van der Waals surface area contributed by atoms with E-state index in [1.807, 2.05) is 62.5 Å². The number of thioether (sulfide) groups is 1. The standard InChI is InChI=1S/C19H18N4O2S2/c1-19(2,3)17-21-14(25-22-17)11-27-18-20-13-9-10-26-15(13)16(24)23(18)12-7-5-4-6-8-12/h4-10H,11H2,1-3H3. The number of para-hydroxylation sites is 1. The zero-order valence-electron chi connectivity index (χ0n) is 15.2. The van der Waals surface area contributed by atoms with Crippen molar-refractivity contribution in [3.8, 4) is 5.69 Å². The lowest BCUT2D eigenvalue weighted by Gasteiger charge is -2.11. The first-order valence-electron chi connectivity index (χ1n) is 8.45. The molecule has 0 N–H and O–H groups in total. The molecule has 27 heavy (non-hydrogen) atoms. The Bertz CT molecular complexity index is 1140. The van der Waals surface area contributed by atoms with Gasteiger partial charge in [0.05, 0.1) is 17.0 Å². The van der Waals surface area contributed by atoms with Crippen LogP contribution in [0.5, 0.6) is 0 Å². The maximum Gasteiger partial charge on any atom is 0.276 e. The van der Waals surface area contributed by atoms with E-state index < -0.39 is 0 Å². The summed E-state index contributed by atoms with van der Waals surface area (Å²) in [5, 5.41) is 6.54. The highest BCUT2D eigenvalue weighted by atomic mass is 32.2. The van der Waals surface area contributed by atoms with Crippen LogP contribution < -0.4 is 5.56 Å². The van der Waals surface area contributed by atoms with Crippen molar-refractivity contribution in [2.24, 2.45) is 0 Å². The molecule has 0 aliphatic heterocycles.